The normalized spacial score (nSPS) is 12.7. The van der Waals surface area contributed by atoms with E-state index in [2.05, 4.69) is 5.32 Å². The molecular formula is C15H14F3N3O3. The summed E-state index contributed by atoms with van der Waals surface area (Å²) in [6.07, 6.45) is -3.24. The van der Waals surface area contributed by atoms with Crippen LogP contribution in [0, 0.1) is 0 Å². The quantitative estimate of drug-likeness (QED) is 0.882. The third-order valence-corrected chi connectivity index (χ3v) is 3.33. The van der Waals surface area contributed by atoms with Crippen LogP contribution in [0.25, 0.3) is 0 Å². The van der Waals surface area contributed by atoms with Crippen molar-refractivity contribution in [1.82, 2.24) is 14.9 Å². The first-order valence-electron chi connectivity index (χ1n) is 6.93. The number of aromatic amines is 1. The van der Waals surface area contributed by atoms with Gasteiger partial charge in [0.05, 0.1) is 11.6 Å². The van der Waals surface area contributed by atoms with Crippen molar-refractivity contribution in [2.24, 2.45) is 0 Å². The molecular weight excluding hydrogens is 327 g/mol. The highest BCUT2D eigenvalue weighted by atomic mass is 19.4. The van der Waals surface area contributed by atoms with E-state index in [1.54, 1.807) is 6.92 Å². The number of aromatic nitrogens is 2. The zero-order chi connectivity index (χ0) is 17.9. The predicted octanol–water partition coefficient (Wildman–Crippen LogP) is 1.43. The number of hydrogen-bond acceptors (Lipinski definition) is 3. The summed E-state index contributed by atoms with van der Waals surface area (Å²) in [7, 11) is 0. The van der Waals surface area contributed by atoms with Gasteiger partial charge in [0.2, 0.25) is 5.91 Å². The van der Waals surface area contributed by atoms with E-state index in [1.165, 1.54) is 18.3 Å². The molecule has 0 saturated carbocycles. The number of H-pyrrole nitrogens is 1. The molecule has 0 aliphatic heterocycles. The Morgan fingerprint density at radius 1 is 1.21 bits per heavy atom. The van der Waals surface area contributed by atoms with Gasteiger partial charge in [-0.2, -0.15) is 13.2 Å². The van der Waals surface area contributed by atoms with Crippen LogP contribution in [0.2, 0.25) is 0 Å². The fourth-order valence-corrected chi connectivity index (χ4v) is 2.05. The second-order valence-electron chi connectivity index (χ2n) is 5.15. The molecule has 128 valence electrons. The summed E-state index contributed by atoms with van der Waals surface area (Å²) in [6, 6.07) is 4.99. The fraction of sp³-hybridized carbons (Fsp3) is 0.267. The molecule has 1 heterocycles. The molecule has 1 aromatic carbocycles. The molecule has 1 aromatic heterocycles. The molecule has 0 saturated heterocycles. The zero-order valence-electron chi connectivity index (χ0n) is 12.6. The lowest BCUT2D eigenvalue weighted by Crippen LogP contribution is -2.36. The van der Waals surface area contributed by atoms with Crippen molar-refractivity contribution in [2.75, 3.05) is 0 Å². The molecule has 24 heavy (non-hydrogen) atoms. The van der Waals surface area contributed by atoms with Crippen LogP contribution in [0.4, 0.5) is 13.2 Å². The largest absolute Gasteiger partial charge is 0.416 e. The van der Waals surface area contributed by atoms with Crippen LogP contribution < -0.4 is 16.6 Å². The van der Waals surface area contributed by atoms with Crippen LogP contribution in [0.15, 0.2) is 46.1 Å². The highest BCUT2D eigenvalue weighted by Gasteiger charge is 2.30. The molecule has 2 rings (SSSR count). The Kier molecular flexibility index (Phi) is 4.91. The van der Waals surface area contributed by atoms with Crippen LogP contribution in [0.1, 0.15) is 24.1 Å². The van der Waals surface area contributed by atoms with Gasteiger partial charge in [0.25, 0.3) is 5.56 Å². The van der Waals surface area contributed by atoms with Gasteiger partial charge in [-0.1, -0.05) is 12.1 Å². The van der Waals surface area contributed by atoms with E-state index in [1.807, 2.05) is 4.98 Å². The van der Waals surface area contributed by atoms with Crippen molar-refractivity contribution < 1.29 is 18.0 Å². The predicted molar refractivity (Wildman–Crippen MR) is 79.3 cm³/mol. The number of carbonyl (C=O) groups excluding carboxylic acids is 1. The van der Waals surface area contributed by atoms with E-state index in [-0.39, 0.29) is 6.54 Å². The van der Waals surface area contributed by atoms with E-state index >= 15 is 0 Å². The van der Waals surface area contributed by atoms with Crippen LogP contribution in [0.5, 0.6) is 0 Å². The summed E-state index contributed by atoms with van der Waals surface area (Å²) in [5, 5.41) is 2.57. The first kappa shape index (κ1) is 17.5. The van der Waals surface area contributed by atoms with Crippen LogP contribution >= 0.6 is 0 Å². The van der Waals surface area contributed by atoms with Gasteiger partial charge in [-0.15, -0.1) is 0 Å². The molecule has 1 atom stereocenters. The van der Waals surface area contributed by atoms with E-state index in [0.29, 0.717) is 5.56 Å². The van der Waals surface area contributed by atoms with Crippen molar-refractivity contribution >= 4 is 5.91 Å². The van der Waals surface area contributed by atoms with Crippen molar-refractivity contribution in [3.05, 3.63) is 68.5 Å². The summed E-state index contributed by atoms with van der Waals surface area (Å²) in [5.74, 6) is -0.517. The number of carbonyl (C=O) groups is 1. The monoisotopic (exact) mass is 341 g/mol. The molecule has 0 fully saturated rings. The zero-order valence-corrected chi connectivity index (χ0v) is 12.6. The van der Waals surface area contributed by atoms with Gasteiger partial charge in [-0.05, 0) is 24.6 Å². The summed E-state index contributed by atoms with van der Waals surface area (Å²) < 4.78 is 38.5. The second kappa shape index (κ2) is 6.73. The summed E-state index contributed by atoms with van der Waals surface area (Å²) in [6.45, 7) is 1.29. The highest BCUT2D eigenvalue weighted by Crippen LogP contribution is 2.29. The van der Waals surface area contributed by atoms with E-state index in [0.717, 1.165) is 22.8 Å². The number of alkyl halides is 3. The first-order valence-corrected chi connectivity index (χ1v) is 6.93. The lowest BCUT2D eigenvalue weighted by Gasteiger charge is -2.16. The lowest BCUT2D eigenvalue weighted by molar-refractivity contribution is -0.137. The van der Waals surface area contributed by atoms with E-state index < -0.39 is 34.9 Å². The molecule has 9 heteroatoms. The van der Waals surface area contributed by atoms with Gasteiger partial charge in [0, 0.05) is 12.3 Å². The third-order valence-electron chi connectivity index (χ3n) is 3.33. The molecule has 0 unspecified atom stereocenters. The number of nitrogens with one attached hydrogen (secondary N) is 2. The standard InChI is InChI=1S/C15H14F3N3O3/c1-9(10-2-4-11(5-3-10)15(16,17)18)19-13(23)8-21-7-6-12(22)20-14(21)24/h2-7,9H,8H2,1H3,(H,19,23)(H,20,22,24)/t9-/m0/s1. The number of hydrogen-bond donors (Lipinski definition) is 2. The molecule has 0 aliphatic carbocycles. The number of halogens is 3. The maximum Gasteiger partial charge on any atom is 0.416 e. The Hall–Kier alpha value is -2.84. The Bertz CT molecular complexity index is 838. The van der Waals surface area contributed by atoms with Crippen molar-refractivity contribution in [3.8, 4) is 0 Å². The molecule has 0 aliphatic rings. The van der Waals surface area contributed by atoms with E-state index in [9.17, 15) is 27.6 Å². The molecule has 0 radical (unpaired) electrons. The number of nitrogens with zero attached hydrogens (tertiary/aromatic N) is 1. The third kappa shape index (κ3) is 4.34. The Labute approximate surface area is 133 Å². The number of amides is 1. The molecule has 2 N–H and O–H groups in total. The lowest BCUT2D eigenvalue weighted by atomic mass is 10.1. The summed E-state index contributed by atoms with van der Waals surface area (Å²) >= 11 is 0. The first-order chi connectivity index (χ1) is 11.2. The Balaban J connectivity index is 2.03. The number of benzene rings is 1. The van der Waals surface area contributed by atoms with Crippen molar-refractivity contribution in [3.63, 3.8) is 0 Å². The van der Waals surface area contributed by atoms with Crippen molar-refractivity contribution in [2.45, 2.75) is 25.7 Å². The van der Waals surface area contributed by atoms with E-state index in [4.69, 9.17) is 0 Å². The van der Waals surface area contributed by atoms with Gasteiger partial charge in [-0.25, -0.2) is 4.79 Å². The van der Waals surface area contributed by atoms with Crippen LogP contribution in [-0.4, -0.2) is 15.5 Å². The maximum atomic E-state index is 12.5. The minimum absolute atomic E-state index is 0.319. The molecule has 0 spiro atoms. The molecule has 2 aromatic rings. The van der Waals surface area contributed by atoms with Crippen LogP contribution in [0.3, 0.4) is 0 Å². The summed E-state index contributed by atoms with van der Waals surface area (Å²) in [5.41, 5.74) is -1.58. The van der Waals surface area contributed by atoms with Gasteiger partial charge in [-0.3, -0.25) is 19.1 Å². The maximum absolute atomic E-state index is 12.5. The van der Waals surface area contributed by atoms with Gasteiger partial charge >= 0.3 is 11.9 Å². The second-order valence-corrected chi connectivity index (χ2v) is 5.15. The average molecular weight is 341 g/mol. The minimum atomic E-state index is -4.42. The van der Waals surface area contributed by atoms with Gasteiger partial charge < -0.3 is 5.32 Å². The van der Waals surface area contributed by atoms with Crippen molar-refractivity contribution in [1.29, 1.82) is 0 Å². The topological polar surface area (TPSA) is 84.0 Å². The Morgan fingerprint density at radius 3 is 2.38 bits per heavy atom. The average Bonchev–Trinajstić information content (AvgIpc) is 2.49. The molecule has 1 amide bonds. The SMILES string of the molecule is C[C@H](NC(=O)Cn1ccc(=O)[nH]c1=O)c1ccc(C(F)(F)F)cc1. The molecule has 6 nitrogen and oxygen atoms in total. The summed E-state index contributed by atoms with van der Waals surface area (Å²) in [4.78, 5) is 36.4. The Morgan fingerprint density at radius 2 is 1.83 bits per heavy atom. The molecule has 0 bridgehead atoms. The number of rotatable bonds is 4. The smallest absolute Gasteiger partial charge is 0.348 e. The highest BCUT2D eigenvalue weighted by molar-refractivity contribution is 5.76. The van der Waals surface area contributed by atoms with Gasteiger partial charge in [0.1, 0.15) is 6.54 Å². The van der Waals surface area contributed by atoms with Gasteiger partial charge in [0.15, 0.2) is 0 Å². The fourth-order valence-electron chi connectivity index (χ4n) is 2.05. The van der Waals surface area contributed by atoms with Crippen LogP contribution in [-0.2, 0) is 17.5 Å². The minimum Gasteiger partial charge on any atom is -0.348 e.